The normalized spacial score (nSPS) is 43.8. The van der Waals surface area contributed by atoms with Gasteiger partial charge in [-0.05, 0) is 171 Å². The van der Waals surface area contributed by atoms with E-state index in [2.05, 4.69) is 72.6 Å². The van der Waals surface area contributed by atoms with E-state index in [-0.39, 0.29) is 32.5 Å². The molecule has 5 nitrogen and oxygen atoms in total. The number of fused-ring (bicyclic) bond motifs is 7. The standard InChI is InChI=1S/C45H74N2O3/c1-30(2)34-15-19-45(27-38(50)47-29-31-11-10-23-46-28-31)21-20-43(8)35(39(34)45)12-13-37-42(7)17-14-32(25-33(49)26-40(3,4)22-24-48)41(5,6)36(42)16-18-44(37,43)9/h24,31-32,34-37,39,46H,1,10-23,25-29H2,2-9H3,(H,47,50)/t31?,32?,34-,35+,36-,37+,39+,42?,43+,44?,45+/m0/s1. The number of hydrogen-bond donors (Lipinski definition) is 2. The number of allylic oxidation sites excluding steroid dienone is 1. The van der Waals surface area contributed by atoms with Gasteiger partial charge in [0.15, 0.2) is 0 Å². The lowest BCUT2D eigenvalue weighted by molar-refractivity contribution is -0.243. The van der Waals surface area contributed by atoms with Crippen molar-refractivity contribution in [1.29, 1.82) is 0 Å². The highest BCUT2D eigenvalue weighted by Crippen LogP contribution is 2.78. The van der Waals surface area contributed by atoms with Crippen LogP contribution in [0.2, 0.25) is 0 Å². The van der Waals surface area contributed by atoms with Crippen LogP contribution in [0.15, 0.2) is 12.2 Å². The van der Waals surface area contributed by atoms with Gasteiger partial charge < -0.3 is 15.4 Å². The van der Waals surface area contributed by atoms with Crippen LogP contribution in [0, 0.1) is 73.9 Å². The number of hydrogen-bond acceptors (Lipinski definition) is 4. The van der Waals surface area contributed by atoms with Gasteiger partial charge in [0, 0.05) is 32.2 Å². The molecule has 50 heavy (non-hydrogen) atoms. The first-order valence-electron chi connectivity index (χ1n) is 21.0. The largest absolute Gasteiger partial charge is 0.356 e. The van der Waals surface area contributed by atoms with Gasteiger partial charge in [0.1, 0.15) is 12.1 Å². The van der Waals surface area contributed by atoms with E-state index in [9.17, 15) is 14.4 Å². The molecule has 0 aromatic rings. The number of ketones is 1. The van der Waals surface area contributed by atoms with Gasteiger partial charge >= 0.3 is 0 Å². The Bertz CT molecular complexity index is 1310. The summed E-state index contributed by atoms with van der Waals surface area (Å²) in [6, 6.07) is 0. The summed E-state index contributed by atoms with van der Waals surface area (Å²) in [4.78, 5) is 38.4. The fourth-order valence-corrected chi connectivity index (χ4v) is 15.0. The Morgan fingerprint density at radius 1 is 0.900 bits per heavy atom. The van der Waals surface area contributed by atoms with Gasteiger partial charge in [0.25, 0.3) is 0 Å². The van der Waals surface area contributed by atoms with Gasteiger partial charge in [-0.2, -0.15) is 0 Å². The Balaban J connectivity index is 1.21. The van der Waals surface area contributed by atoms with Crippen LogP contribution in [0.1, 0.15) is 158 Å². The van der Waals surface area contributed by atoms with E-state index in [1.54, 1.807) is 0 Å². The van der Waals surface area contributed by atoms with E-state index >= 15 is 0 Å². The van der Waals surface area contributed by atoms with Crippen molar-refractivity contribution in [3.63, 3.8) is 0 Å². The molecule has 6 aliphatic rings. The monoisotopic (exact) mass is 691 g/mol. The molecule has 5 heteroatoms. The highest BCUT2D eigenvalue weighted by molar-refractivity contribution is 5.80. The Morgan fingerprint density at radius 2 is 1.66 bits per heavy atom. The van der Waals surface area contributed by atoms with Crippen LogP contribution in [0.25, 0.3) is 0 Å². The second-order valence-electron chi connectivity index (χ2n) is 21.3. The van der Waals surface area contributed by atoms with Crippen LogP contribution in [0.3, 0.4) is 0 Å². The van der Waals surface area contributed by atoms with Crippen molar-refractivity contribution >= 4 is 18.0 Å². The molecule has 4 unspecified atom stereocenters. The van der Waals surface area contributed by atoms with E-state index in [1.807, 2.05) is 0 Å². The topological polar surface area (TPSA) is 75.3 Å². The Labute approximate surface area is 306 Å². The summed E-state index contributed by atoms with van der Waals surface area (Å²) in [5.41, 5.74) is 2.17. The van der Waals surface area contributed by atoms with Crippen LogP contribution in [-0.4, -0.2) is 37.6 Å². The molecule has 2 N–H and O–H groups in total. The number of carbonyl (C=O) groups excluding carboxylic acids is 3. The molecule has 1 aliphatic heterocycles. The van der Waals surface area contributed by atoms with Crippen molar-refractivity contribution in [2.75, 3.05) is 19.6 Å². The molecule has 5 aliphatic carbocycles. The third-order valence-corrected chi connectivity index (χ3v) is 17.8. The average molecular weight is 691 g/mol. The zero-order valence-electron chi connectivity index (χ0n) is 33.5. The SMILES string of the molecule is C=C(C)[C@@H]1CC[C@]2(CC(=O)NCC3CCCNC3)CC[C@]3(C)[C@H](CC[C@@H]4C5(C)CCC(CC(=O)CC(C)(C)CC=O)C(C)(C)[C@@H]5CCC43C)[C@@H]12. The van der Waals surface area contributed by atoms with Crippen LogP contribution >= 0.6 is 0 Å². The molecule has 282 valence electrons. The second-order valence-corrected chi connectivity index (χ2v) is 21.3. The maximum Gasteiger partial charge on any atom is 0.220 e. The van der Waals surface area contributed by atoms with Crippen molar-refractivity contribution in [3.8, 4) is 0 Å². The lowest BCUT2D eigenvalue weighted by Gasteiger charge is -2.73. The van der Waals surface area contributed by atoms with Crippen LogP contribution in [-0.2, 0) is 14.4 Å². The quantitative estimate of drug-likeness (QED) is 0.167. The zero-order valence-corrected chi connectivity index (χ0v) is 33.5. The number of piperidine rings is 1. The molecular formula is C45H74N2O3. The Hall–Kier alpha value is -1.49. The molecule has 0 bridgehead atoms. The highest BCUT2D eigenvalue weighted by atomic mass is 16.1. The summed E-state index contributed by atoms with van der Waals surface area (Å²) < 4.78 is 0. The summed E-state index contributed by atoms with van der Waals surface area (Å²) in [6.07, 6.45) is 18.1. The minimum absolute atomic E-state index is 0.111. The van der Waals surface area contributed by atoms with Crippen LogP contribution < -0.4 is 10.6 Å². The predicted molar refractivity (Wildman–Crippen MR) is 204 cm³/mol. The fraction of sp³-hybridized carbons (Fsp3) is 0.889. The maximum atomic E-state index is 13.8. The number of aldehydes is 1. The number of carbonyl (C=O) groups is 3. The first-order chi connectivity index (χ1) is 23.4. The minimum Gasteiger partial charge on any atom is -0.356 e. The molecule has 0 aromatic heterocycles. The maximum absolute atomic E-state index is 13.8. The first kappa shape index (κ1) is 38.2. The summed E-state index contributed by atoms with van der Waals surface area (Å²) in [6.45, 7) is 27.0. The molecule has 0 spiro atoms. The van der Waals surface area contributed by atoms with E-state index in [0.29, 0.717) is 78.8 Å². The van der Waals surface area contributed by atoms with E-state index in [4.69, 9.17) is 0 Å². The summed E-state index contributed by atoms with van der Waals surface area (Å²) >= 11 is 0. The summed E-state index contributed by atoms with van der Waals surface area (Å²) in [5, 5.41) is 6.94. The lowest BCUT2D eigenvalue weighted by atomic mass is 9.31. The lowest BCUT2D eigenvalue weighted by Crippen LogP contribution is -2.66. The highest BCUT2D eigenvalue weighted by Gasteiger charge is 2.71. The number of Topliss-reactive ketones (excluding diaryl/α,β-unsaturated/α-hetero) is 1. The van der Waals surface area contributed by atoms with Crippen molar-refractivity contribution in [1.82, 2.24) is 10.6 Å². The van der Waals surface area contributed by atoms with Crippen molar-refractivity contribution in [3.05, 3.63) is 12.2 Å². The first-order valence-corrected chi connectivity index (χ1v) is 21.0. The van der Waals surface area contributed by atoms with E-state index in [1.165, 1.54) is 76.2 Å². The third kappa shape index (κ3) is 6.42. The van der Waals surface area contributed by atoms with Crippen molar-refractivity contribution < 1.29 is 14.4 Å². The number of amides is 1. The molecule has 1 amide bonds. The van der Waals surface area contributed by atoms with Crippen molar-refractivity contribution in [2.45, 2.75) is 158 Å². The van der Waals surface area contributed by atoms with Gasteiger partial charge in [0.2, 0.25) is 5.91 Å². The van der Waals surface area contributed by atoms with Gasteiger partial charge in [-0.1, -0.05) is 60.6 Å². The number of rotatable bonds is 11. The third-order valence-electron chi connectivity index (χ3n) is 17.8. The Morgan fingerprint density at radius 3 is 2.34 bits per heavy atom. The molecule has 6 rings (SSSR count). The molecule has 1 saturated heterocycles. The number of nitrogens with one attached hydrogen (secondary N) is 2. The fourth-order valence-electron chi connectivity index (χ4n) is 15.0. The van der Waals surface area contributed by atoms with E-state index in [0.717, 1.165) is 32.3 Å². The van der Waals surface area contributed by atoms with Gasteiger partial charge in [-0.3, -0.25) is 9.59 Å². The molecule has 5 saturated carbocycles. The smallest absolute Gasteiger partial charge is 0.220 e. The summed E-state index contributed by atoms with van der Waals surface area (Å²) in [5.74, 6) is 4.69. The van der Waals surface area contributed by atoms with E-state index < -0.39 is 0 Å². The molecule has 6 fully saturated rings. The summed E-state index contributed by atoms with van der Waals surface area (Å²) in [7, 11) is 0. The molecular weight excluding hydrogens is 617 g/mol. The predicted octanol–water partition coefficient (Wildman–Crippen LogP) is 9.73. The Kier molecular flexibility index (Phi) is 10.5. The molecule has 0 radical (unpaired) electrons. The molecule has 1 heterocycles. The van der Waals surface area contributed by atoms with Gasteiger partial charge in [-0.25, -0.2) is 0 Å². The van der Waals surface area contributed by atoms with Crippen molar-refractivity contribution in [2.24, 2.45) is 73.9 Å². The van der Waals surface area contributed by atoms with Gasteiger partial charge in [0.05, 0.1) is 0 Å². The zero-order chi connectivity index (χ0) is 36.3. The van der Waals surface area contributed by atoms with Crippen LogP contribution in [0.4, 0.5) is 0 Å². The molecule has 11 atom stereocenters. The van der Waals surface area contributed by atoms with Gasteiger partial charge in [-0.15, -0.1) is 0 Å². The minimum atomic E-state index is -0.247. The second kappa shape index (κ2) is 13.7. The van der Waals surface area contributed by atoms with Crippen LogP contribution in [0.5, 0.6) is 0 Å². The average Bonchev–Trinajstić information content (AvgIpc) is 3.41. The molecule has 0 aromatic carbocycles.